The monoisotopic (exact) mass is 279 g/mol. The van der Waals surface area contributed by atoms with Crippen LogP contribution < -0.4 is 10.1 Å². The van der Waals surface area contributed by atoms with E-state index in [1.807, 2.05) is 43.0 Å². The second-order valence-electron chi connectivity index (χ2n) is 4.44. The fourth-order valence-corrected chi connectivity index (χ4v) is 2.28. The third-order valence-corrected chi connectivity index (χ3v) is 3.38. The van der Waals surface area contributed by atoms with E-state index in [9.17, 15) is 0 Å². The number of hydrogen-bond acceptors (Lipinski definition) is 3. The average molecular weight is 280 g/mol. The summed E-state index contributed by atoms with van der Waals surface area (Å²) < 4.78 is 7.14. The van der Waals surface area contributed by atoms with Crippen molar-refractivity contribution >= 4 is 11.6 Å². The second-order valence-corrected chi connectivity index (χ2v) is 4.84. The van der Waals surface area contributed by atoms with Gasteiger partial charge in [0.2, 0.25) is 0 Å². The van der Waals surface area contributed by atoms with Crippen LogP contribution in [0.2, 0.25) is 5.02 Å². The fraction of sp³-hybridized carbons (Fsp3) is 0.357. The van der Waals surface area contributed by atoms with Crippen molar-refractivity contribution < 1.29 is 4.74 Å². The van der Waals surface area contributed by atoms with Crippen LogP contribution in [0.3, 0.4) is 0 Å². The number of nitrogens with one attached hydrogen (secondary N) is 1. The van der Waals surface area contributed by atoms with Crippen molar-refractivity contribution in [3.63, 3.8) is 0 Å². The number of hydrogen-bond donors (Lipinski definition) is 1. The van der Waals surface area contributed by atoms with Gasteiger partial charge in [0.25, 0.3) is 0 Å². The molecule has 0 amide bonds. The molecule has 0 fully saturated rings. The highest BCUT2D eigenvalue weighted by Gasteiger charge is 2.08. The van der Waals surface area contributed by atoms with Crippen LogP contribution in [0.1, 0.15) is 16.8 Å². The minimum atomic E-state index is 0.664. The Kier molecular flexibility index (Phi) is 4.45. The van der Waals surface area contributed by atoms with Crippen LogP contribution in [0.25, 0.3) is 0 Å². The van der Waals surface area contributed by atoms with Gasteiger partial charge in [0.05, 0.1) is 12.8 Å². The zero-order chi connectivity index (χ0) is 13.8. The normalized spacial score (nSPS) is 10.7. The lowest BCUT2D eigenvalue weighted by Gasteiger charge is -2.11. The van der Waals surface area contributed by atoms with Gasteiger partial charge in [0, 0.05) is 42.5 Å². The summed E-state index contributed by atoms with van der Waals surface area (Å²) in [6.45, 7) is 3.43. The van der Waals surface area contributed by atoms with E-state index in [0.29, 0.717) is 6.54 Å². The van der Waals surface area contributed by atoms with E-state index in [-0.39, 0.29) is 0 Å². The van der Waals surface area contributed by atoms with E-state index in [1.165, 1.54) is 5.56 Å². The molecule has 1 heterocycles. The summed E-state index contributed by atoms with van der Waals surface area (Å²) in [5, 5.41) is 8.40. The quantitative estimate of drug-likeness (QED) is 0.915. The molecule has 0 unspecified atom stereocenters. The number of rotatable bonds is 5. The molecule has 0 bridgehead atoms. The van der Waals surface area contributed by atoms with Gasteiger partial charge < -0.3 is 10.1 Å². The largest absolute Gasteiger partial charge is 0.496 e. The number of aryl methyl sites for hydroxylation is 2. The second kappa shape index (κ2) is 6.08. The Morgan fingerprint density at radius 3 is 2.79 bits per heavy atom. The minimum Gasteiger partial charge on any atom is -0.496 e. The Bertz CT molecular complexity index is 566. The van der Waals surface area contributed by atoms with Gasteiger partial charge in [-0.1, -0.05) is 17.7 Å². The Morgan fingerprint density at radius 2 is 2.16 bits per heavy atom. The molecule has 2 rings (SSSR count). The van der Waals surface area contributed by atoms with Crippen molar-refractivity contribution in [2.45, 2.75) is 20.0 Å². The Balaban J connectivity index is 2.01. The van der Waals surface area contributed by atoms with Gasteiger partial charge in [-0.2, -0.15) is 5.10 Å². The number of nitrogens with zero attached hydrogens (tertiary/aromatic N) is 2. The summed E-state index contributed by atoms with van der Waals surface area (Å²) in [6, 6.07) is 5.67. The van der Waals surface area contributed by atoms with Crippen molar-refractivity contribution in [1.82, 2.24) is 15.1 Å². The van der Waals surface area contributed by atoms with Gasteiger partial charge in [-0.25, -0.2) is 0 Å². The molecule has 0 spiro atoms. The standard InChI is InChI=1S/C14H18ClN3O/c1-10-11(9-18(2)17-10)7-16-8-12-13(15)5-4-6-14(12)19-3/h4-6,9,16H,7-8H2,1-3H3. The molecule has 1 N–H and O–H groups in total. The van der Waals surface area contributed by atoms with E-state index in [1.54, 1.807) is 7.11 Å². The predicted octanol–water partition coefficient (Wildman–Crippen LogP) is 2.68. The molecule has 4 nitrogen and oxygen atoms in total. The molecule has 0 aliphatic carbocycles. The van der Waals surface area contributed by atoms with E-state index >= 15 is 0 Å². The van der Waals surface area contributed by atoms with Gasteiger partial charge in [-0.15, -0.1) is 0 Å². The van der Waals surface area contributed by atoms with E-state index in [0.717, 1.165) is 28.6 Å². The molecule has 0 aliphatic heterocycles. The van der Waals surface area contributed by atoms with Crippen molar-refractivity contribution in [2.24, 2.45) is 7.05 Å². The summed E-state index contributed by atoms with van der Waals surface area (Å²) in [5.41, 5.74) is 3.21. The zero-order valence-electron chi connectivity index (χ0n) is 11.4. The molecular weight excluding hydrogens is 262 g/mol. The Morgan fingerprint density at radius 1 is 1.37 bits per heavy atom. The molecule has 0 radical (unpaired) electrons. The summed E-state index contributed by atoms with van der Waals surface area (Å²) >= 11 is 6.19. The summed E-state index contributed by atoms with van der Waals surface area (Å²) in [6.07, 6.45) is 2.02. The first-order chi connectivity index (χ1) is 9.11. The van der Waals surface area contributed by atoms with Crippen molar-refractivity contribution in [1.29, 1.82) is 0 Å². The minimum absolute atomic E-state index is 0.664. The molecule has 0 atom stereocenters. The van der Waals surface area contributed by atoms with Crippen LogP contribution in [-0.4, -0.2) is 16.9 Å². The van der Waals surface area contributed by atoms with Crippen LogP contribution >= 0.6 is 11.6 Å². The van der Waals surface area contributed by atoms with Gasteiger partial charge in [-0.05, 0) is 19.1 Å². The lowest BCUT2D eigenvalue weighted by atomic mass is 10.2. The molecule has 2 aromatic rings. The lowest BCUT2D eigenvalue weighted by Crippen LogP contribution is -2.14. The molecule has 0 saturated heterocycles. The number of halogens is 1. The highest BCUT2D eigenvalue weighted by Crippen LogP contribution is 2.25. The molecule has 0 saturated carbocycles. The van der Waals surface area contributed by atoms with E-state index < -0.39 is 0 Å². The third kappa shape index (κ3) is 3.28. The SMILES string of the molecule is COc1cccc(Cl)c1CNCc1cn(C)nc1C. The number of aromatic nitrogens is 2. The number of benzene rings is 1. The smallest absolute Gasteiger partial charge is 0.124 e. The fourth-order valence-electron chi connectivity index (χ4n) is 2.05. The average Bonchev–Trinajstić information content (AvgIpc) is 2.70. The summed E-state index contributed by atoms with van der Waals surface area (Å²) in [5.74, 6) is 0.808. The Labute approximate surface area is 118 Å². The highest BCUT2D eigenvalue weighted by atomic mass is 35.5. The highest BCUT2D eigenvalue weighted by molar-refractivity contribution is 6.31. The first-order valence-electron chi connectivity index (χ1n) is 6.13. The first kappa shape index (κ1) is 13.9. The maximum absolute atomic E-state index is 6.19. The molecule has 102 valence electrons. The Hall–Kier alpha value is -1.52. The molecule has 1 aromatic heterocycles. The molecule has 19 heavy (non-hydrogen) atoms. The van der Waals surface area contributed by atoms with Crippen molar-refractivity contribution in [3.05, 3.63) is 46.2 Å². The number of ether oxygens (including phenoxy) is 1. The van der Waals surface area contributed by atoms with Gasteiger partial charge in [0.1, 0.15) is 5.75 Å². The van der Waals surface area contributed by atoms with E-state index in [4.69, 9.17) is 16.3 Å². The van der Waals surface area contributed by atoms with E-state index in [2.05, 4.69) is 10.4 Å². The lowest BCUT2D eigenvalue weighted by molar-refractivity contribution is 0.407. The topological polar surface area (TPSA) is 39.1 Å². The third-order valence-electron chi connectivity index (χ3n) is 3.03. The zero-order valence-corrected chi connectivity index (χ0v) is 12.2. The van der Waals surface area contributed by atoms with Crippen molar-refractivity contribution in [3.8, 4) is 5.75 Å². The van der Waals surface area contributed by atoms with Crippen LogP contribution in [0, 0.1) is 6.92 Å². The molecule has 1 aromatic carbocycles. The van der Waals surface area contributed by atoms with Crippen LogP contribution in [0.4, 0.5) is 0 Å². The molecule has 5 heteroatoms. The molecular formula is C14H18ClN3O. The first-order valence-corrected chi connectivity index (χ1v) is 6.51. The van der Waals surface area contributed by atoms with Gasteiger partial charge in [-0.3, -0.25) is 4.68 Å². The number of methoxy groups -OCH3 is 1. The summed E-state index contributed by atoms with van der Waals surface area (Å²) in [7, 11) is 3.58. The van der Waals surface area contributed by atoms with Crippen molar-refractivity contribution in [2.75, 3.05) is 7.11 Å². The maximum Gasteiger partial charge on any atom is 0.124 e. The summed E-state index contributed by atoms with van der Waals surface area (Å²) in [4.78, 5) is 0. The van der Waals surface area contributed by atoms with Gasteiger partial charge in [0.15, 0.2) is 0 Å². The van der Waals surface area contributed by atoms with Crippen LogP contribution in [0.15, 0.2) is 24.4 Å². The maximum atomic E-state index is 6.19. The van der Waals surface area contributed by atoms with Crippen LogP contribution in [-0.2, 0) is 20.1 Å². The van der Waals surface area contributed by atoms with Gasteiger partial charge >= 0.3 is 0 Å². The predicted molar refractivity (Wildman–Crippen MR) is 76.5 cm³/mol. The molecule has 0 aliphatic rings. The van der Waals surface area contributed by atoms with Crippen LogP contribution in [0.5, 0.6) is 5.75 Å².